The molecule has 0 aliphatic heterocycles. The molecule has 0 radical (unpaired) electrons. The number of para-hydroxylation sites is 1. The van der Waals surface area contributed by atoms with Crippen LogP contribution in [0.5, 0.6) is 0 Å². The lowest BCUT2D eigenvalue weighted by Gasteiger charge is -2.02. The lowest BCUT2D eigenvalue weighted by Crippen LogP contribution is -2.28. The molecular formula is C25H14N2O2S. The maximum absolute atomic E-state index is 13.7. The van der Waals surface area contributed by atoms with Crippen LogP contribution in [-0.2, 0) is 0 Å². The zero-order chi connectivity index (χ0) is 20.2. The summed E-state index contributed by atoms with van der Waals surface area (Å²) in [6.45, 7) is 0. The van der Waals surface area contributed by atoms with Gasteiger partial charge >= 0.3 is 0 Å². The van der Waals surface area contributed by atoms with Gasteiger partial charge in [0.15, 0.2) is 0 Å². The lowest BCUT2D eigenvalue weighted by molar-refractivity contribution is 0.975. The first-order chi connectivity index (χ1) is 14.7. The van der Waals surface area contributed by atoms with Crippen LogP contribution >= 0.6 is 11.3 Å². The highest BCUT2D eigenvalue weighted by atomic mass is 32.1. The zero-order valence-electron chi connectivity index (χ0n) is 15.7. The van der Waals surface area contributed by atoms with Gasteiger partial charge in [-0.15, -0.1) is 11.3 Å². The number of thiophene rings is 1. The summed E-state index contributed by atoms with van der Waals surface area (Å²) in [6, 6.07) is 23.0. The van der Waals surface area contributed by atoms with Crippen molar-refractivity contribution in [3.8, 4) is 5.69 Å². The quantitative estimate of drug-likeness (QED) is 0.374. The molecule has 3 heterocycles. The molecule has 3 aromatic heterocycles. The van der Waals surface area contributed by atoms with Gasteiger partial charge in [0, 0.05) is 38.0 Å². The van der Waals surface area contributed by atoms with E-state index in [-0.39, 0.29) is 11.1 Å². The predicted molar refractivity (Wildman–Crippen MR) is 124 cm³/mol. The molecule has 0 N–H and O–H groups in total. The summed E-state index contributed by atoms with van der Waals surface area (Å²) in [7, 11) is 0. The molecule has 0 fully saturated rings. The number of pyridine rings is 1. The van der Waals surface area contributed by atoms with Crippen LogP contribution in [0.2, 0.25) is 0 Å². The van der Waals surface area contributed by atoms with Gasteiger partial charge in [-0.05, 0) is 47.2 Å². The number of hydrogen-bond donors (Lipinski definition) is 0. The van der Waals surface area contributed by atoms with Crippen molar-refractivity contribution in [2.45, 2.75) is 0 Å². The van der Waals surface area contributed by atoms with Crippen LogP contribution in [0.3, 0.4) is 0 Å². The van der Waals surface area contributed by atoms with E-state index in [0.717, 1.165) is 26.2 Å². The molecule has 0 saturated carbocycles. The molecule has 6 rings (SSSR count). The van der Waals surface area contributed by atoms with Crippen LogP contribution in [0.25, 0.3) is 47.4 Å². The third kappa shape index (κ3) is 2.36. The molecule has 0 aliphatic carbocycles. The molecule has 0 aliphatic rings. The number of aromatic nitrogens is 2. The van der Waals surface area contributed by atoms with Gasteiger partial charge in [0.2, 0.25) is 0 Å². The van der Waals surface area contributed by atoms with Gasteiger partial charge in [-0.1, -0.05) is 36.4 Å². The second-order valence-corrected chi connectivity index (χ2v) is 8.28. The molecule has 6 aromatic rings. The smallest absolute Gasteiger partial charge is 0.267 e. The number of benzene rings is 3. The van der Waals surface area contributed by atoms with Crippen molar-refractivity contribution in [1.82, 2.24) is 9.55 Å². The number of nitrogens with zero attached hydrogens (tertiary/aromatic N) is 2. The van der Waals surface area contributed by atoms with Crippen LogP contribution in [0.15, 0.2) is 94.8 Å². The van der Waals surface area contributed by atoms with E-state index in [2.05, 4.69) is 17.1 Å². The van der Waals surface area contributed by atoms with Gasteiger partial charge in [0.1, 0.15) is 0 Å². The van der Waals surface area contributed by atoms with Crippen molar-refractivity contribution in [2.24, 2.45) is 0 Å². The third-order valence-corrected chi connectivity index (χ3v) is 6.64. The first kappa shape index (κ1) is 17.1. The normalized spacial score (nSPS) is 11.6. The summed E-state index contributed by atoms with van der Waals surface area (Å²) in [5.74, 6) is 0. The van der Waals surface area contributed by atoms with Crippen LogP contribution in [-0.4, -0.2) is 9.55 Å². The fraction of sp³-hybridized carbons (Fsp3) is 0. The summed E-state index contributed by atoms with van der Waals surface area (Å²) >= 11 is 1.69. The van der Waals surface area contributed by atoms with E-state index in [9.17, 15) is 9.59 Å². The van der Waals surface area contributed by atoms with Crippen LogP contribution in [0.4, 0.5) is 0 Å². The molecule has 30 heavy (non-hydrogen) atoms. The predicted octanol–water partition coefficient (Wildman–Crippen LogP) is 5.27. The molecule has 5 heteroatoms. The van der Waals surface area contributed by atoms with Crippen molar-refractivity contribution >= 4 is 53.1 Å². The molecule has 4 nitrogen and oxygen atoms in total. The number of rotatable bonds is 1. The van der Waals surface area contributed by atoms with Crippen molar-refractivity contribution in [2.75, 3.05) is 0 Å². The van der Waals surface area contributed by atoms with E-state index in [1.165, 1.54) is 9.27 Å². The highest BCUT2D eigenvalue weighted by molar-refractivity contribution is 7.25. The minimum atomic E-state index is -0.362. The largest absolute Gasteiger partial charge is 0.268 e. The molecule has 0 unspecified atom stereocenters. The Kier molecular flexibility index (Phi) is 3.60. The van der Waals surface area contributed by atoms with E-state index in [4.69, 9.17) is 0 Å². The maximum Gasteiger partial charge on any atom is 0.267 e. The van der Waals surface area contributed by atoms with Crippen LogP contribution < -0.4 is 11.1 Å². The SMILES string of the molecule is O=c1c2cnccc2c2cc3sc4ccccc4c3cc2c(=O)n1-c1ccccc1. The van der Waals surface area contributed by atoms with Crippen molar-refractivity contribution in [3.05, 3.63) is 106 Å². The second kappa shape index (κ2) is 6.34. The molecular weight excluding hydrogens is 392 g/mol. The van der Waals surface area contributed by atoms with Crippen molar-refractivity contribution in [1.29, 1.82) is 0 Å². The molecule has 0 amide bonds. The van der Waals surface area contributed by atoms with Crippen LogP contribution in [0.1, 0.15) is 0 Å². The number of hydrogen-bond acceptors (Lipinski definition) is 4. The molecule has 0 saturated heterocycles. The van der Waals surface area contributed by atoms with Crippen LogP contribution in [0, 0.1) is 0 Å². The fourth-order valence-electron chi connectivity index (χ4n) is 4.12. The average molecular weight is 406 g/mol. The Morgan fingerprint density at radius 2 is 1.40 bits per heavy atom. The summed E-state index contributed by atoms with van der Waals surface area (Å²) in [5.41, 5.74) is -0.140. The number of fused-ring (bicyclic) bond motifs is 6. The molecule has 0 spiro atoms. The fourth-order valence-corrected chi connectivity index (χ4v) is 5.24. The van der Waals surface area contributed by atoms with Gasteiger partial charge in [-0.25, -0.2) is 4.57 Å². The molecule has 3 aromatic carbocycles. The summed E-state index contributed by atoms with van der Waals surface area (Å²) in [5, 5.41) is 4.59. The third-order valence-electron chi connectivity index (χ3n) is 5.51. The Hall–Kier alpha value is -3.83. The van der Waals surface area contributed by atoms with Gasteiger partial charge in [0.25, 0.3) is 11.1 Å². The maximum atomic E-state index is 13.7. The molecule has 0 bridgehead atoms. The summed E-state index contributed by atoms with van der Waals surface area (Å²) < 4.78 is 3.52. The molecule has 0 atom stereocenters. The van der Waals surface area contributed by atoms with Gasteiger partial charge in [-0.2, -0.15) is 0 Å². The topological polar surface area (TPSA) is 52.0 Å². The van der Waals surface area contributed by atoms with E-state index in [1.54, 1.807) is 35.9 Å². The van der Waals surface area contributed by atoms with E-state index < -0.39 is 0 Å². The summed E-state index contributed by atoms with van der Waals surface area (Å²) in [6.07, 6.45) is 3.21. The van der Waals surface area contributed by atoms with E-state index >= 15 is 0 Å². The van der Waals surface area contributed by atoms with Gasteiger partial charge in [0.05, 0.1) is 11.1 Å². The second-order valence-electron chi connectivity index (χ2n) is 7.19. The Balaban J connectivity index is 1.93. The Morgan fingerprint density at radius 3 is 2.27 bits per heavy atom. The minimum Gasteiger partial charge on any atom is -0.268 e. The van der Waals surface area contributed by atoms with E-state index in [1.807, 2.05) is 48.5 Å². The zero-order valence-corrected chi connectivity index (χ0v) is 16.5. The standard InChI is InChI=1S/C25H14N2O2S/c28-24-20-12-19-17-8-4-5-9-22(17)30-23(19)13-18(20)16-10-11-26-14-21(16)25(29)27(24)15-6-2-1-3-7-15/h1-14H. The first-order valence-electron chi connectivity index (χ1n) is 9.56. The Morgan fingerprint density at radius 1 is 0.633 bits per heavy atom. The van der Waals surface area contributed by atoms with Crippen molar-refractivity contribution in [3.63, 3.8) is 0 Å². The highest BCUT2D eigenvalue weighted by Gasteiger charge is 2.15. The minimum absolute atomic E-state index is 0.324. The van der Waals surface area contributed by atoms with Gasteiger partial charge in [-0.3, -0.25) is 14.6 Å². The monoisotopic (exact) mass is 406 g/mol. The molecule has 142 valence electrons. The van der Waals surface area contributed by atoms with E-state index in [0.29, 0.717) is 16.5 Å². The Bertz CT molecular complexity index is 1730. The van der Waals surface area contributed by atoms with Crippen molar-refractivity contribution < 1.29 is 0 Å². The highest BCUT2D eigenvalue weighted by Crippen LogP contribution is 2.36. The summed E-state index contributed by atoms with van der Waals surface area (Å²) in [4.78, 5) is 31.3. The average Bonchev–Trinajstić information content (AvgIpc) is 3.12. The first-order valence-corrected chi connectivity index (χ1v) is 10.4. The Labute approximate surface area is 174 Å². The van der Waals surface area contributed by atoms with Gasteiger partial charge < -0.3 is 0 Å². The lowest BCUT2D eigenvalue weighted by atomic mass is 10.1.